The van der Waals surface area contributed by atoms with Crippen LogP contribution in [-0.2, 0) is 10.0 Å². The number of aromatic carboxylic acids is 1. The number of hydrogen-bond acceptors (Lipinski definition) is 4. The third-order valence-electron chi connectivity index (χ3n) is 2.73. The summed E-state index contributed by atoms with van der Waals surface area (Å²) in [6.07, 6.45) is 2.67. The maximum Gasteiger partial charge on any atom is 0.337 e. The second-order valence-electron chi connectivity index (χ2n) is 4.18. The smallest absolute Gasteiger partial charge is 0.337 e. The standard InChI is InChI=1S/C12H16ClNO4S2/c1-8(19-2)5-6-14-20(17,18)9-3-4-10(12(15)16)11(13)7-9/h3-4,7-8,14H,5-6H2,1-2H3,(H,15,16). The summed E-state index contributed by atoms with van der Waals surface area (Å²) in [5.41, 5.74) is -0.123. The Hall–Kier alpha value is -0.760. The summed E-state index contributed by atoms with van der Waals surface area (Å²) >= 11 is 7.42. The van der Waals surface area contributed by atoms with Crippen LogP contribution in [0.2, 0.25) is 5.02 Å². The Bertz CT molecular complexity index is 589. The molecule has 0 saturated heterocycles. The van der Waals surface area contributed by atoms with Crippen LogP contribution in [0, 0.1) is 0 Å². The molecule has 0 aromatic heterocycles. The summed E-state index contributed by atoms with van der Waals surface area (Å²) in [6, 6.07) is 3.56. The lowest BCUT2D eigenvalue weighted by atomic mass is 10.2. The topological polar surface area (TPSA) is 83.5 Å². The van der Waals surface area contributed by atoms with E-state index >= 15 is 0 Å². The minimum atomic E-state index is -3.67. The molecule has 1 unspecified atom stereocenters. The summed E-state index contributed by atoms with van der Waals surface area (Å²) in [7, 11) is -3.67. The van der Waals surface area contributed by atoms with Gasteiger partial charge in [0.05, 0.1) is 15.5 Å². The zero-order valence-electron chi connectivity index (χ0n) is 11.1. The summed E-state index contributed by atoms with van der Waals surface area (Å²) < 4.78 is 26.5. The molecule has 0 amide bonds. The number of sulfonamides is 1. The number of carbonyl (C=O) groups is 1. The fourth-order valence-electron chi connectivity index (χ4n) is 1.43. The fourth-order valence-corrected chi connectivity index (χ4v) is 3.19. The van der Waals surface area contributed by atoms with Crippen molar-refractivity contribution >= 4 is 39.4 Å². The average Bonchev–Trinajstić information content (AvgIpc) is 2.37. The molecule has 0 saturated carbocycles. The molecular formula is C12H16ClNO4S2. The molecule has 0 aliphatic carbocycles. The highest BCUT2D eigenvalue weighted by atomic mass is 35.5. The van der Waals surface area contributed by atoms with E-state index in [1.807, 2.05) is 13.2 Å². The molecule has 0 radical (unpaired) electrons. The van der Waals surface area contributed by atoms with Gasteiger partial charge in [-0.05, 0) is 30.9 Å². The van der Waals surface area contributed by atoms with Gasteiger partial charge < -0.3 is 5.11 Å². The number of hydrogen-bond donors (Lipinski definition) is 2. The number of benzene rings is 1. The molecule has 0 heterocycles. The van der Waals surface area contributed by atoms with Crippen LogP contribution in [-0.4, -0.2) is 37.5 Å². The minimum Gasteiger partial charge on any atom is -0.478 e. The second kappa shape index (κ2) is 7.31. The zero-order chi connectivity index (χ0) is 15.3. The van der Waals surface area contributed by atoms with E-state index in [0.29, 0.717) is 18.2 Å². The van der Waals surface area contributed by atoms with E-state index in [9.17, 15) is 13.2 Å². The summed E-state index contributed by atoms with van der Waals surface area (Å²) in [5.74, 6) is -1.19. The predicted octanol–water partition coefficient (Wildman–Crippen LogP) is 2.46. The molecule has 5 nitrogen and oxygen atoms in total. The van der Waals surface area contributed by atoms with Crippen molar-refractivity contribution in [3.63, 3.8) is 0 Å². The van der Waals surface area contributed by atoms with Gasteiger partial charge in [-0.15, -0.1) is 0 Å². The van der Waals surface area contributed by atoms with Gasteiger partial charge in [-0.2, -0.15) is 11.8 Å². The monoisotopic (exact) mass is 337 g/mol. The predicted molar refractivity (Wildman–Crippen MR) is 81.2 cm³/mol. The van der Waals surface area contributed by atoms with E-state index in [-0.39, 0.29) is 15.5 Å². The molecule has 1 rings (SSSR count). The number of nitrogens with one attached hydrogen (secondary N) is 1. The van der Waals surface area contributed by atoms with Crippen molar-refractivity contribution in [1.29, 1.82) is 0 Å². The summed E-state index contributed by atoms with van der Waals surface area (Å²) in [4.78, 5) is 10.8. The van der Waals surface area contributed by atoms with Crippen molar-refractivity contribution in [3.8, 4) is 0 Å². The molecule has 1 atom stereocenters. The molecule has 8 heteroatoms. The zero-order valence-corrected chi connectivity index (χ0v) is 13.5. The lowest BCUT2D eigenvalue weighted by molar-refractivity contribution is 0.0697. The Kier molecular flexibility index (Phi) is 6.32. The van der Waals surface area contributed by atoms with Crippen LogP contribution in [0.5, 0.6) is 0 Å². The SMILES string of the molecule is CSC(C)CCNS(=O)(=O)c1ccc(C(=O)O)c(Cl)c1. The summed E-state index contributed by atoms with van der Waals surface area (Å²) in [5, 5.41) is 9.10. The summed E-state index contributed by atoms with van der Waals surface area (Å²) in [6.45, 7) is 2.33. The maximum absolute atomic E-state index is 12.0. The second-order valence-corrected chi connectivity index (χ2v) is 7.63. The lowest BCUT2D eigenvalue weighted by Gasteiger charge is -2.10. The van der Waals surface area contributed by atoms with Crippen molar-refractivity contribution in [1.82, 2.24) is 4.72 Å². The third-order valence-corrected chi connectivity index (χ3v) is 5.54. The number of carboxylic acids is 1. The van der Waals surface area contributed by atoms with Gasteiger partial charge in [-0.25, -0.2) is 17.9 Å². The van der Waals surface area contributed by atoms with E-state index in [1.54, 1.807) is 11.8 Å². The van der Waals surface area contributed by atoms with Crippen molar-refractivity contribution < 1.29 is 18.3 Å². The molecule has 0 fully saturated rings. The normalized spacial score (nSPS) is 13.2. The molecule has 1 aromatic carbocycles. The largest absolute Gasteiger partial charge is 0.478 e. The maximum atomic E-state index is 12.0. The first-order chi connectivity index (χ1) is 9.27. The van der Waals surface area contributed by atoms with Gasteiger partial charge in [0.2, 0.25) is 10.0 Å². The quantitative estimate of drug-likeness (QED) is 0.798. The molecular weight excluding hydrogens is 322 g/mol. The van der Waals surface area contributed by atoms with E-state index in [4.69, 9.17) is 16.7 Å². The first-order valence-corrected chi connectivity index (χ1v) is 8.98. The number of halogens is 1. The van der Waals surface area contributed by atoms with E-state index in [2.05, 4.69) is 4.72 Å². The molecule has 20 heavy (non-hydrogen) atoms. The van der Waals surface area contributed by atoms with Crippen molar-refractivity contribution in [3.05, 3.63) is 28.8 Å². The van der Waals surface area contributed by atoms with Crippen LogP contribution in [0.1, 0.15) is 23.7 Å². The van der Waals surface area contributed by atoms with Crippen molar-refractivity contribution in [2.24, 2.45) is 0 Å². The molecule has 0 aliphatic heterocycles. The fraction of sp³-hybridized carbons (Fsp3) is 0.417. The molecule has 112 valence electrons. The third kappa shape index (κ3) is 4.66. The van der Waals surface area contributed by atoms with Crippen molar-refractivity contribution in [2.45, 2.75) is 23.5 Å². The van der Waals surface area contributed by atoms with Crippen LogP contribution >= 0.6 is 23.4 Å². The first-order valence-electron chi connectivity index (χ1n) is 5.83. The van der Waals surface area contributed by atoms with Gasteiger partial charge in [-0.1, -0.05) is 18.5 Å². The van der Waals surface area contributed by atoms with Crippen LogP contribution < -0.4 is 4.72 Å². The van der Waals surface area contributed by atoms with E-state index in [1.165, 1.54) is 12.1 Å². The molecule has 0 bridgehead atoms. The van der Waals surface area contributed by atoms with Gasteiger partial charge >= 0.3 is 5.97 Å². The minimum absolute atomic E-state index is 0.0377. The van der Waals surface area contributed by atoms with Crippen LogP contribution in [0.4, 0.5) is 0 Å². The van der Waals surface area contributed by atoms with Gasteiger partial charge in [0.1, 0.15) is 0 Å². The van der Waals surface area contributed by atoms with Gasteiger partial charge in [0.15, 0.2) is 0 Å². The van der Waals surface area contributed by atoms with Crippen LogP contribution in [0.3, 0.4) is 0 Å². The van der Waals surface area contributed by atoms with Crippen LogP contribution in [0.25, 0.3) is 0 Å². The van der Waals surface area contributed by atoms with E-state index in [0.717, 1.165) is 6.07 Å². The van der Waals surface area contributed by atoms with E-state index < -0.39 is 16.0 Å². The highest BCUT2D eigenvalue weighted by Crippen LogP contribution is 2.21. The highest BCUT2D eigenvalue weighted by Gasteiger charge is 2.17. The van der Waals surface area contributed by atoms with Gasteiger partial charge in [0, 0.05) is 11.8 Å². The Morgan fingerprint density at radius 1 is 1.50 bits per heavy atom. The Labute approximate surface area is 127 Å². The molecule has 0 spiro atoms. The number of rotatable bonds is 7. The Morgan fingerprint density at radius 2 is 2.15 bits per heavy atom. The molecule has 0 aliphatic rings. The Balaban J connectivity index is 2.83. The molecule has 2 N–H and O–H groups in total. The van der Waals surface area contributed by atoms with Gasteiger partial charge in [-0.3, -0.25) is 0 Å². The van der Waals surface area contributed by atoms with Crippen molar-refractivity contribution in [2.75, 3.05) is 12.8 Å². The molecule has 1 aromatic rings. The number of thioether (sulfide) groups is 1. The average molecular weight is 338 g/mol. The number of carboxylic acid groups (broad SMARTS) is 1. The highest BCUT2D eigenvalue weighted by molar-refractivity contribution is 7.99. The first kappa shape index (κ1) is 17.3. The lowest BCUT2D eigenvalue weighted by Crippen LogP contribution is -2.26. The van der Waals surface area contributed by atoms with Crippen LogP contribution in [0.15, 0.2) is 23.1 Å². The van der Waals surface area contributed by atoms with Gasteiger partial charge in [0.25, 0.3) is 0 Å². The Morgan fingerprint density at radius 3 is 2.65 bits per heavy atom.